The molecule has 0 aliphatic rings. The van der Waals surface area contributed by atoms with Gasteiger partial charge in [-0.3, -0.25) is 0 Å². The number of ether oxygens (including phenoxy) is 2. The molecule has 0 aliphatic carbocycles. The number of aryl methyl sites for hydroxylation is 1. The van der Waals surface area contributed by atoms with Gasteiger partial charge in [-0.2, -0.15) is 0 Å². The number of nitrogens with zero attached hydrogens (tertiary/aromatic N) is 1. The Morgan fingerprint density at radius 2 is 1.86 bits per heavy atom. The Balaban J connectivity index is 1.85. The fourth-order valence-electron chi connectivity index (χ4n) is 2.46. The molecular formula is C18H17NO3. The third-order valence-electron chi connectivity index (χ3n) is 3.66. The van der Waals surface area contributed by atoms with Crippen LogP contribution in [0.5, 0.6) is 5.75 Å². The van der Waals surface area contributed by atoms with Crippen molar-refractivity contribution < 1.29 is 14.3 Å². The number of rotatable bonds is 4. The highest BCUT2D eigenvalue weighted by Gasteiger charge is 2.13. The Morgan fingerprint density at radius 1 is 1.09 bits per heavy atom. The smallest absolute Gasteiger partial charge is 0.354 e. The van der Waals surface area contributed by atoms with Crippen LogP contribution in [-0.4, -0.2) is 17.6 Å². The average Bonchev–Trinajstić information content (AvgIpc) is 2.89. The maximum atomic E-state index is 11.7. The number of carbonyl (C=O) groups excluding carboxylic acids is 1. The molecule has 0 spiro atoms. The molecule has 0 amide bonds. The Morgan fingerprint density at radius 3 is 2.59 bits per heavy atom. The first-order chi connectivity index (χ1) is 10.7. The summed E-state index contributed by atoms with van der Waals surface area (Å²) >= 11 is 0. The molecule has 1 aromatic heterocycles. The lowest BCUT2D eigenvalue weighted by atomic mass is 10.2. The monoisotopic (exact) mass is 295 g/mol. The van der Waals surface area contributed by atoms with Crippen molar-refractivity contribution in [3.05, 3.63) is 65.9 Å². The van der Waals surface area contributed by atoms with Crippen LogP contribution in [0.3, 0.4) is 0 Å². The minimum Gasteiger partial charge on any atom is -0.489 e. The van der Waals surface area contributed by atoms with E-state index < -0.39 is 0 Å². The summed E-state index contributed by atoms with van der Waals surface area (Å²) in [5.41, 5.74) is 2.61. The fourth-order valence-corrected chi connectivity index (χ4v) is 2.46. The lowest BCUT2D eigenvalue weighted by Crippen LogP contribution is -2.06. The van der Waals surface area contributed by atoms with Gasteiger partial charge in [0.2, 0.25) is 0 Å². The third kappa shape index (κ3) is 2.68. The SMILES string of the molecule is COC(=O)c1cc2cc(OCc3ccccc3)ccc2n1C. The molecule has 0 saturated carbocycles. The summed E-state index contributed by atoms with van der Waals surface area (Å²) in [6.07, 6.45) is 0. The van der Waals surface area contributed by atoms with Crippen molar-refractivity contribution in [1.82, 2.24) is 4.57 Å². The summed E-state index contributed by atoms with van der Waals surface area (Å²) in [7, 11) is 3.23. The van der Waals surface area contributed by atoms with Crippen LogP contribution >= 0.6 is 0 Å². The van der Waals surface area contributed by atoms with E-state index in [1.165, 1.54) is 7.11 Å². The first kappa shape index (κ1) is 14.2. The number of benzene rings is 2. The summed E-state index contributed by atoms with van der Waals surface area (Å²) in [6, 6.07) is 17.6. The number of methoxy groups -OCH3 is 1. The van der Waals surface area contributed by atoms with Gasteiger partial charge in [-0.15, -0.1) is 0 Å². The molecule has 22 heavy (non-hydrogen) atoms. The molecule has 0 unspecified atom stereocenters. The number of fused-ring (bicyclic) bond motifs is 1. The highest BCUT2D eigenvalue weighted by Crippen LogP contribution is 2.25. The molecular weight excluding hydrogens is 278 g/mol. The van der Waals surface area contributed by atoms with Gasteiger partial charge in [0.05, 0.1) is 7.11 Å². The second-order valence-corrected chi connectivity index (χ2v) is 5.08. The quantitative estimate of drug-likeness (QED) is 0.691. The number of carbonyl (C=O) groups is 1. The van der Waals surface area contributed by atoms with Crippen LogP contribution in [-0.2, 0) is 18.4 Å². The van der Waals surface area contributed by atoms with Crippen LogP contribution in [0.15, 0.2) is 54.6 Å². The van der Waals surface area contributed by atoms with Crippen LogP contribution in [0.1, 0.15) is 16.1 Å². The molecule has 0 aliphatic heterocycles. The lowest BCUT2D eigenvalue weighted by Gasteiger charge is -2.07. The molecule has 0 saturated heterocycles. The number of aromatic nitrogens is 1. The highest BCUT2D eigenvalue weighted by atomic mass is 16.5. The average molecular weight is 295 g/mol. The van der Waals surface area contributed by atoms with E-state index in [1.54, 1.807) is 0 Å². The molecule has 4 heteroatoms. The molecule has 1 heterocycles. The van der Waals surface area contributed by atoms with Gasteiger partial charge in [0.25, 0.3) is 0 Å². The van der Waals surface area contributed by atoms with E-state index in [0.29, 0.717) is 12.3 Å². The number of hydrogen-bond acceptors (Lipinski definition) is 3. The Hall–Kier alpha value is -2.75. The van der Waals surface area contributed by atoms with Gasteiger partial charge in [-0.1, -0.05) is 30.3 Å². The van der Waals surface area contributed by atoms with Gasteiger partial charge >= 0.3 is 5.97 Å². The lowest BCUT2D eigenvalue weighted by molar-refractivity contribution is 0.0590. The minimum absolute atomic E-state index is 0.342. The number of esters is 1. The van der Waals surface area contributed by atoms with Crippen LogP contribution in [0.25, 0.3) is 10.9 Å². The van der Waals surface area contributed by atoms with E-state index in [0.717, 1.165) is 22.2 Å². The molecule has 0 radical (unpaired) electrons. The van der Waals surface area contributed by atoms with E-state index in [9.17, 15) is 4.79 Å². The molecule has 3 rings (SSSR count). The third-order valence-corrected chi connectivity index (χ3v) is 3.66. The topological polar surface area (TPSA) is 40.5 Å². The fraction of sp³-hybridized carbons (Fsp3) is 0.167. The van der Waals surface area contributed by atoms with Gasteiger partial charge in [-0.05, 0) is 29.8 Å². The van der Waals surface area contributed by atoms with E-state index in [-0.39, 0.29) is 5.97 Å². The predicted molar refractivity (Wildman–Crippen MR) is 85.0 cm³/mol. The molecule has 0 N–H and O–H groups in total. The van der Waals surface area contributed by atoms with Crippen molar-refractivity contribution in [3.8, 4) is 5.75 Å². The molecule has 2 aromatic carbocycles. The zero-order valence-electron chi connectivity index (χ0n) is 12.6. The summed E-state index contributed by atoms with van der Waals surface area (Å²) in [5, 5.41) is 0.952. The van der Waals surface area contributed by atoms with Gasteiger partial charge < -0.3 is 14.0 Å². The maximum Gasteiger partial charge on any atom is 0.354 e. The molecule has 4 nitrogen and oxygen atoms in total. The second-order valence-electron chi connectivity index (χ2n) is 5.08. The van der Waals surface area contributed by atoms with Crippen LogP contribution in [0.2, 0.25) is 0 Å². The van der Waals surface area contributed by atoms with Gasteiger partial charge in [-0.25, -0.2) is 4.79 Å². The highest BCUT2D eigenvalue weighted by molar-refractivity contribution is 5.95. The second kappa shape index (κ2) is 5.93. The molecule has 0 bridgehead atoms. The molecule has 0 fully saturated rings. The minimum atomic E-state index is -0.342. The normalized spacial score (nSPS) is 10.6. The first-order valence-electron chi connectivity index (χ1n) is 7.03. The number of hydrogen-bond donors (Lipinski definition) is 0. The van der Waals surface area contributed by atoms with Crippen molar-refractivity contribution in [2.24, 2.45) is 7.05 Å². The Kier molecular flexibility index (Phi) is 3.83. The first-order valence-corrected chi connectivity index (χ1v) is 7.03. The molecule has 0 atom stereocenters. The summed E-state index contributed by atoms with van der Waals surface area (Å²) in [5.74, 6) is 0.434. The van der Waals surface area contributed by atoms with Gasteiger partial charge in [0.1, 0.15) is 18.1 Å². The maximum absolute atomic E-state index is 11.7. The predicted octanol–water partition coefficient (Wildman–Crippen LogP) is 3.54. The Labute approximate surface area is 128 Å². The standard InChI is InChI=1S/C18H17NO3/c1-19-16-9-8-15(22-12-13-6-4-3-5-7-13)10-14(16)11-17(19)18(20)21-2/h3-11H,12H2,1-2H3. The molecule has 112 valence electrons. The van der Waals surface area contributed by atoms with E-state index in [2.05, 4.69) is 0 Å². The van der Waals surface area contributed by atoms with E-state index in [1.807, 2.05) is 66.2 Å². The zero-order valence-corrected chi connectivity index (χ0v) is 12.6. The van der Waals surface area contributed by atoms with Crippen LogP contribution < -0.4 is 4.74 Å². The summed E-state index contributed by atoms with van der Waals surface area (Å²) < 4.78 is 12.4. The summed E-state index contributed by atoms with van der Waals surface area (Å²) in [6.45, 7) is 0.517. The van der Waals surface area contributed by atoms with Crippen molar-refractivity contribution in [3.63, 3.8) is 0 Å². The van der Waals surface area contributed by atoms with Crippen molar-refractivity contribution in [2.75, 3.05) is 7.11 Å². The zero-order chi connectivity index (χ0) is 15.5. The summed E-state index contributed by atoms with van der Waals surface area (Å²) in [4.78, 5) is 11.7. The van der Waals surface area contributed by atoms with Crippen molar-refractivity contribution >= 4 is 16.9 Å². The van der Waals surface area contributed by atoms with Crippen molar-refractivity contribution in [2.45, 2.75) is 6.61 Å². The van der Waals surface area contributed by atoms with E-state index >= 15 is 0 Å². The Bertz CT molecular complexity index is 806. The van der Waals surface area contributed by atoms with Crippen molar-refractivity contribution in [1.29, 1.82) is 0 Å². The molecule has 3 aromatic rings. The van der Waals surface area contributed by atoms with E-state index in [4.69, 9.17) is 9.47 Å². The van der Waals surface area contributed by atoms with Crippen LogP contribution in [0, 0.1) is 0 Å². The van der Waals surface area contributed by atoms with Gasteiger partial charge in [0.15, 0.2) is 0 Å². The van der Waals surface area contributed by atoms with Gasteiger partial charge in [0, 0.05) is 18.0 Å². The largest absolute Gasteiger partial charge is 0.489 e. The van der Waals surface area contributed by atoms with Crippen LogP contribution in [0.4, 0.5) is 0 Å².